The van der Waals surface area contributed by atoms with Crippen LogP contribution < -0.4 is 0 Å². The Morgan fingerprint density at radius 2 is 2.28 bits per heavy atom. The van der Waals surface area contributed by atoms with Crippen molar-refractivity contribution in [1.29, 1.82) is 0 Å². The quantitative estimate of drug-likeness (QED) is 0.411. The molecule has 0 unspecified atom stereocenters. The molecule has 1 saturated heterocycles. The molecule has 1 aliphatic heterocycles. The minimum absolute atomic E-state index is 0.306. The van der Waals surface area contributed by atoms with Gasteiger partial charge >= 0.3 is 5.97 Å². The maximum atomic E-state index is 11.4. The zero-order valence-electron chi connectivity index (χ0n) is 11.1. The van der Waals surface area contributed by atoms with Crippen molar-refractivity contribution in [2.45, 2.75) is 39.0 Å². The highest BCUT2D eigenvalue weighted by molar-refractivity contribution is 5.82. The minimum atomic E-state index is -0.306. The van der Waals surface area contributed by atoms with Crippen molar-refractivity contribution in [1.82, 2.24) is 0 Å². The summed E-state index contributed by atoms with van der Waals surface area (Å²) in [6.07, 6.45) is 9.94. The van der Waals surface area contributed by atoms with E-state index in [2.05, 4.69) is 13.5 Å². The predicted molar refractivity (Wildman–Crippen MR) is 72.0 cm³/mol. The molecule has 1 rings (SSSR count). The summed E-state index contributed by atoms with van der Waals surface area (Å²) in [6.45, 7) is 7.04. The zero-order valence-corrected chi connectivity index (χ0v) is 11.1. The van der Waals surface area contributed by atoms with Crippen LogP contribution in [0.2, 0.25) is 0 Å². The molecule has 0 aromatic rings. The van der Waals surface area contributed by atoms with Gasteiger partial charge in [-0.25, -0.2) is 4.79 Å². The van der Waals surface area contributed by atoms with Crippen LogP contribution >= 0.6 is 0 Å². The summed E-state index contributed by atoms with van der Waals surface area (Å²) in [5, 5.41) is 0. The molecule has 1 aliphatic rings. The standard InChI is InChI=1S/C15H22O3/c1-3-5-11-18-15(16)10-9-13(4-2)14-8-6-7-12-17-14/h4,9-10H,2-3,5-8,11-12H2,1H3/b10-9+,14-13-. The molecular formula is C15H22O3. The van der Waals surface area contributed by atoms with E-state index in [0.29, 0.717) is 6.61 Å². The Morgan fingerprint density at radius 1 is 1.44 bits per heavy atom. The first kappa shape index (κ1) is 14.6. The fraction of sp³-hybridized carbons (Fsp3) is 0.533. The van der Waals surface area contributed by atoms with Gasteiger partial charge in [0, 0.05) is 18.1 Å². The van der Waals surface area contributed by atoms with Gasteiger partial charge in [0.2, 0.25) is 0 Å². The third-order valence-corrected chi connectivity index (χ3v) is 2.76. The van der Waals surface area contributed by atoms with E-state index in [4.69, 9.17) is 9.47 Å². The summed E-state index contributed by atoms with van der Waals surface area (Å²) in [7, 11) is 0. The number of hydrogen-bond acceptors (Lipinski definition) is 3. The van der Waals surface area contributed by atoms with Crippen LogP contribution in [0, 0.1) is 0 Å². The van der Waals surface area contributed by atoms with E-state index in [1.54, 1.807) is 12.2 Å². The molecule has 0 aromatic carbocycles. The maximum Gasteiger partial charge on any atom is 0.330 e. The largest absolute Gasteiger partial charge is 0.497 e. The molecule has 0 radical (unpaired) electrons. The lowest BCUT2D eigenvalue weighted by molar-refractivity contribution is -0.137. The van der Waals surface area contributed by atoms with Gasteiger partial charge in [-0.05, 0) is 25.3 Å². The molecule has 100 valence electrons. The van der Waals surface area contributed by atoms with Crippen molar-refractivity contribution in [3.63, 3.8) is 0 Å². The van der Waals surface area contributed by atoms with Crippen LogP contribution in [0.1, 0.15) is 39.0 Å². The number of hydrogen-bond donors (Lipinski definition) is 0. The van der Waals surface area contributed by atoms with E-state index in [9.17, 15) is 4.79 Å². The Balaban J connectivity index is 2.51. The van der Waals surface area contributed by atoms with Crippen molar-refractivity contribution in [2.24, 2.45) is 0 Å². The normalized spacial score (nSPS) is 18.3. The SMILES string of the molecule is C=CC(/C=C/C(=O)OCCCC)=C1\CCCCO1. The van der Waals surface area contributed by atoms with Crippen molar-refractivity contribution >= 4 is 5.97 Å². The van der Waals surface area contributed by atoms with Gasteiger partial charge in [0.05, 0.1) is 13.2 Å². The molecule has 3 heteroatoms. The monoisotopic (exact) mass is 250 g/mol. The molecular weight excluding hydrogens is 228 g/mol. The highest BCUT2D eigenvalue weighted by Gasteiger charge is 2.09. The Kier molecular flexibility index (Phi) is 6.92. The second-order valence-electron chi connectivity index (χ2n) is 4.24. The average Bonchev–Trinajstić information content (AvgIpc) is 2.41. The Labute approximate surface area is 109 Å². The van der Waals surface area contributed by atoms with Crippen molar-refractivity contribution < 1.29 is 14.3 Å². The lowest BCUT2D eigenvalue weighted by atomic mass is 10.1. The Morgan fingerprint density at radius 3 is 2.89 bits per heavy atom. The third-order valence-electron chi connectivity index (χ3n) is 2.76. The fourth-order valence-electron chi connectivity index (χ4n) is 1.68. The summed E-state index contributed by atoms with van der Waals surface area (Å²) in [6, 6.07) is 0. The Bertz CT molecular complexity index is 332. The van der Waals surface area contributed by atoms with E-state index >= 15 is 0 Å². The highest BCUT2D eigenvalue weighted by Crippen LogP contribution is 2.21. The second kappa shape index (κ2) is 8.56. The van der Waals surface area contributed by atoms with E-state index in [1.165, 1.54) is 6.08 Å². The number of esters is 1. The Hall–Kier alpha value is -1.51. The van der Waals surface area contributed by atoms with Gasteiger partial charge in [-0.15, -0.1) is 0 Å². The minimum Gasteiger partial charge on any atom is -0.497 e. The molecule has 0 N–H and O–H groups in total. The summed E-state index contributed by atoms with van der Waals surface area (Å²) >= 11 is 0. The number of unbranched alkanes of at least 4 members (excludes halogenated alkanes) is 1. The number of ether oxygens (including phenoxy) is 2. The summed E-state index contributed by atoms with van der Waals surface area (Å²) in [5.74, 6) is 0.619. The van der Waals surface area contributed by atoms with Crippen LogP contribution in [-0.4, -0.2) is 19.2 Å². The zero-order chi connectivity index (χ0) is 13.2. The molecule has 0 amide bonds. The molecule has 3 nitrogen and oxygen atoms in total. The maximum absolute atomic E-state index is 11.4. The van der Waals surface area contributed by atoms with E-state index in [0.717, 1.165) is 50.0 Å². The fourth-order valence-corrected chi connectivity index (χ4v) is 1.68. The van der Waals surface area contributed by atoms with Gasteiger partial charge in [-0.3, -0.25) is 0 Å². The van der Waals surface area contributed by atoms with Crippen molar-refractivity contribution in [2.75, 3.05) is 13.2 Å². The molecule has 0 spiro atoms. The van der Waals surface area contributed by atoms with Gasteiger partial charge in [0.15, 0.2) is 0 Å². The highest BCUT2D eigenvalue weighted by atomic mass is 16.5. The number of rotatable bonds is 6. The van der Waals surface area contributed by atoms with Gasteiger partial charge in [-0.2, -0.15) is 0 Å². The smallest absolute Gasteiger partial charge is 0.330 e. The topological polar surface area (TPSA) is 35.5 Å². The first-order valence-electron chi connectivity index (χ1n) is 6.61. The van der Waals surface area contributed by atoms with Crippen LogP contribution in [0.15, 0.2) is 36.1 Å². The number of allylic oxidation sites excluding steroid dienone is 4. The van der Waals surface area contributed by atoms with Crippen LogP contribution in [0.5, 0.6) is 0 Å². The van der Waals surface area contributed by atoms with E-state index in [-0.39, 0.29) is 5.97 Å². The lowest BCUT2D eigenvalue weighted by Crippen LogP contribution is -2.05. The molecule has 0 aromatic heterocycles. The summed E-state index contributed by atoms with van der Waals surface area (Å²) in [4.78, 5) is 11.4. The first-order chi connectivity index (χ1) is 8.77. The molecule has 0 saturated carbocycles. The van der Waals surface area contributed by atoms with Crippen LogP contribution in [0.25, 0.3) is 0 Å². The van der Waals surface area contributed by atoms with E-state index < -0.39 is 0 Å². The first-order valence-corrected chi connectivity index (χ1v) is 6.61. The molecule has 18 heavy (non-hydrogen) atoms. The number of carbonyl (C=O) groups excluding carboxylic acids is 1. The second-order valence-corrected chi connectivity index (χ2v) is 4.24. The third kappa shape index (κ3) is 5.21. The van der Waals surface area contributed by atoms with Crippen LogP contribution in [0.4, 0.5) is 0 Å². The number of carbonyl (C=O) groups is 1. The summed E-state index contributed by atoms with van der Waals surface area (Å²) in [5.41, 5.74) is 0.877. The van der Waals surface area contributed by atoms with E-state index in [1.807, 2.05) is 0 Å². The van der Waals surface area contributed by atoms with Gasteiger partial charge in [0.1, 0.15) is 5.76 Å². The lowest BCUT2D eigenvalue weighted by Gasteiger charge is -2.17. The molecule has 1 fully saturated rings. The average molecular weight is 250 g/mol. The van der Waals surface area contributed by atoms with Crippen molar-refractivity contribution in [3.05, 3.63) is 36.1 Å². The predicted octanol–water partition coefficient (Wildman–Crippen LogP) is 3.53. The van der Waals surface area contributed by atoms with Crippen LogP contribution in [-0.2, 0) is 14.3 Å². The van der Waals surface area contributed by atoms with Crippen LogP contribution in [0.3, 0.4) is 0 Å². The van der Waals surface area contributed by atoms with Crippen molar-refractivity contribution in [3.8, 4) is 0 Å². The summed E-state index contributed by atoms with van der Waals surface area (Å²) < 4.78 is 10.6. The molecule has 1 heterocycles. The molecule has 0 bridgehead atoms. The molecule has 0 atom stereocenters. The molecule has 0 aliphatic carbocycles. The van der Waals surface area contributed by atoms with Gasteiger partial charge in [0.25, 0.3) is 0 Å². The van der Waals surface area contributed by atoms with Gasteiger partial charge < -0.3 is 9.47 Å². The van der Waals surface area contributed by atoms with Gasteiger partial charge in [-0.1, -0.05) is 26.0 Å².